The van der Waals surface area contributed by atoms with Crippen LogP contribution in [0.5, 0.6) is 0 Å². The molecule has 0 saturated carbocycles. The van der Waals surface area contributed by atoms with E-state index in [0.717, 1.165) is 5.56 Å². The highest BCUT2D eigenvalue weighted by molar-refractivity contribution is 6.34. The number of ether oxygens (including phenoxy) is 2. The molecule has 6 heteroatoms. The van der Waals surface area contributed by atoms with Crippen molar-refractivity contribution in [3.63, 3.8) is 0 Å². The van der Waals surface area contributed by atoms with Crippen LogP contribution in [0.3, 0.4) is 0 Å². The van der Waals surface area contributed by atoms with Gasteiger partial charge in [0, 0.05) is 11.1 Å². The van der Waals surface area contributed by atoms with Crippen molar-refractivity contribution in [2.45, 2.75) is 6.29 Å². The van der Waals surface area contributed by atoms with Gasteiger partial charge in [0.05, 0.1) is 5.02 Å². The molecule has 5 nitrogen and oxygen atoms in total. The van der Waals surface area contributed by atoms with Gasteiger partial charge in [-0.05, 0) is 12.1 Å². The lowest BCUT2D eigenvalue weighted by Gasteiger charge is -2.11. The Bertz CT molecular complexity index is 451. The zero-order chi connectivity index (χ0) is 11.5. The fraction of sp³-hybridized carbons (Fsp3) is 0.100. The van der Waals surface area contributed by atoms with Crippen molar-refractivity contribution in [3.8, 4) is 0 Å². The highest BCUT2D eigenvalue weighted by Crippen LogP contribution is 2.27. The van der Waals surface area contributed by atoms with E-state index >= 15 is 0 Å². The number of rotatable bonds is 2. The SMILES string of the molecule is NC(=NO)c1ccc(C2OC=CO2)cc1Cl. The Balaban J connectivity index is 2.29. The second kappa shape index (κ2) is 4.32. The lowest BCUT2D eigenvalue weighted by atomic mass is 10.1. The van der Waals surface area contributed by atoms with Gasteiger partial charge in [-0.15, -0.1) is 0 Å². The van der Waals surface area contributed by atoms with Crippen LogP contribution in [-0.4, -0.2) is 11.0 Å². The van der Waals surface area contributed by atoms with Gasteiger partial charge >= 0.3 is 0 Å². The van der Waals surface area contributed by atoms with Crippen LogP contribution in [0, 0.1) is 0 Å². The summed E-state index contributed by atoms with van der Waals surface area (Å²) < 4.78 is 10.3. The summed E-state index contributed by atoms with van der Waals surface area (Å²) in [5.41, 5.74) is 6.65. The molecule has 1 aliphatic rings. The van der Waals surface area contributed by atoms with E-state index in [4.69, 9.17) is 32.0 Å². The lowest BCUT2D eigenvalue weighted by molar-refractivity contribution is -0.0245. The van der Waals surface area contributed by atoms with Crippen LogP contribution < -0.4 is 5.73 Å². The average molecular weight is 241 g/mol. The van der Waals surface area contributed by atoms with E-state index in [1.54, 1.807) is 18.2 Å². The number of nitrogens with two attached hydrogens (primary N) is 1. The lowest BCUT2D eigenvalue weighted by Crippen LogP contribution is -2.14. The van der Waals surface area contributed by atoms with Gasteiger partial charge in [-0.25, -0.2) is 0 Å². The minimum atomic E-state index is -0.487. The van der Waals surface area contributed by atoms with Gasteiger partial charge < -0.3 is 20.4 Å². The van der Waals surface area contributed by atoms with Crippen molar-refractivity contribution in [2.75, 3.05) is 0 Å². The Morgan fingerprint density at radius 2 is 2.06 bits per heavy atom. The zero-order valence-electron chi connectivity index (χ0n) is 8.13. The number of oxime groups is 1. The summed E-state index contributed by atoms with van der Waals surface area (Å²) in [4.78, 5) is 0. The molecule has 0 fully saturated rings. The van der Waals surface area contributed by atoms with E-state index in [1.807, 2.05) is 0 Å². The van der Waals surface area contributed by atoms with Gasteiger partial charge in [0.2, 0.25) is 0 Å². The average Bonchev–Trinajstić information content (AvgIpc) is 2.81. The molecule has 1 aromatic rings. The normalized spacial score (nSPS) is 15.9. The van der Waals surface area contributed by atoms with Crippen molar-refractivity contribution in [1.29, 1.82) is 0 Å². The Kier molecular flexibility index (Phi) is 2.87. The maximum atomic E-state index is 8.54. The molecular formula is C10H9ClN2O3. The van der Waals surface area contributed by atoms with Gasteiger partial charge in [-0.1, -0.05) is 22.8 Å². The summed E-state index contributed by atoms with van der Waals surface area (Å²) in [6.07, 6.45) is 2.42. The smallest absolute Gasteiger partial charge is 0.266 e. The number of hydrogen-bond donors (Lipinski definition) is 2. The van der Waals surface area contributed by atoms with Gasteiger partial charge in [0.25, 0.3) is 6.29 Å². The molecule has 0 atom stereocenters. The first-order valence-corrected chi connectivity index (χ1v) is 4.83. The maximum Gasteiger partial charge on any atom is 0.266 e. The van der Waals surface area contributed by atoms with Gasteiger partial charge in [0.1, 0.15) is 12.5 Å². The van der Waals surface area contributed by atoms with Gasteiger partial charge in [-0.2, -0.15) is 0 Å². The standard InChI is InChI=1S/C10H9ClN2O3/c11-8-5-6(10-15-3-4-16-10)1-2-7(8)9(12)13-14/h1-5,10,14H,(H2,12,13). The van der Waals surface area contributed by atoms with E-state index in [0.29, 0.717) is 10.6 Å². The molecule has 2 rings (SSSR count). The second-order valence-corrected chi connectivity index (χ2v) is 3.51. The van der Waals surface area contributed by atoms with Crippen LogP contribution in [-0.2, 0) is 9.47 Å². The third-order valence-corrected chi connectivity index (χ3v) is 2.42. The first-order chi connectivity index (χ1) is 7.72. The minimum absolute atomic E-state index is 0.0390. The van der Waals surface area contributed by atoms with E-state index in [1.165, 1.54) is 12.5 Å². The van der Waals surface area contributed by atoms with Crippen LogP contribution in [0.25, 0.3) is 0 Å². The van der Waals surface area contributed by atoms with E-state index in [9.17, 15) is 0 Å². The quantitative estimate of drug-likeness (QED) is 0.359. The van der Waals surface area contributed by atoms with Crippen molar-refractivity contribution >= 4 is 17.4 Å². The molecule has 84 valence electrons. The summed E-state index contributed by atoms with van der Waals surface area (Å²) in [6, 6.07) is 5.02. The second-order valence-electron chi connectivity index (χ2n) is 3.10. The number of benzene rings is 1. The molecule has 3 N–H and O–H groups in total. The zero-order valence-corrected chi connectivity index (χ0v) is 8.89. The first kappa shape index (κ1) is 10.6. The van der Waals surface area contributed by atoms with Crippen LogP contribution in [0.15, 0.2) is 35.9 Å². The Morgan fingerprint density at radius 1 is 1.38 bits per heavy atom. The molecule has 0 bridgehead atoms. The van der Waals surface area contributed by atoms with Crippen molar-refractivity contribution in [3.05, 3.63) is 46.9 Å². The van der Waals surface area contributed by atoms with Crippen molar-refractivity contribution < 1.29 is 14.7 Å². The summed E-state index contributed by atoms with van der Waals surface area (Å²) in [6.45, 7) is 0. The fourth-order valence-electron chi connectivity index (χ4n) is 1.34. The fourth-order valence-corrected chi connectivity index (χ4v) is 1.62. The molecule has 0 amide bonds. The molecule has 1 aliphatic heterocycles. The highest BCUT2D eigenvalue weighted by atomic mass is 35.5. The molecule has 0 aliphatic carbocycles. The van der Waals surface area contributed by atoms with Crippen molar-refractivity contribution in [1.82, 2.24) is 0 Å². The molecule has 0 unspecified atom stereocenters. The Labute approximate surface area is 96.7 Å². The van der Waals surface area contributed by atoms with Crippen LogP contribution in [0.2, 0.25) is 5.02 Å². The van der Waals surface area contributed by atoms with Crippen LogP contribution >= 0.6 is 11.6 Å². The largest absolute Gasteiger partial charge is 0.455 e. The number of halogens is 1. The predicted octanol–water partition coefficient (Wildman–Crippen LogP) is 1.95. The minimum Gasteiger partial charge on any atom is -0.455 e. The van der Waals surface area contributed by atoms with Gasteiger partial charge in [-0.3, -0.25) is 0 Å². The number of nitrogens with zero attached hydrogens (tertiary/aromatic N) is 1. The number of amidine groups is 1. The van der Waals surface area contributed by atoms with E-state index in [2.05, 4.69) is 5.16 Å². The molecule has 1 aromatic carbocycles. The molecule has 0 radical (unpaired) electrons. The first-order valence-electron chi connectivity index (χ1n) is 4.45. The highest BCUT2D eigenvalue weighted by Gasteiger charge is 2.17. The van der Waals surface area contributed by atoms with E-state index < -0.39 is 6.29 Å². The van der Waals surface area contributed by atoms with E-state index in [-0.39, 0.29) is 5.84 Å². The molecule has 0 saturated heterocycles. The van der Waals surface area contributed by atoms with Crippen LogP contribution in [0.1, 0.15) is 17.4 Å². The molecule has 1 heterocycles. The number of hydrogen-bond acceptors (Lipinski definition) is 4. The van der Waals surface area contributed by atoms with Gasteiger partial charge in [0.15, 0.2) is 5.84 Å². The summed E-state index contributed by atoms with van der Waals surface area (Å²) in [5, 5.41) is 11.8. The topological polar surface area (TPSA) is 77.1 Å². The molecular weight excluding hydrogens is 232 g/mol. The summed E-state index contributed by atoms with van der Waals surface area (Å²) in [7, 11) is 0. The molecule has 16 heavy (non-hydrogen) atoms. The summed E-state index contributed by atoms with van der Waals surface area (Å²) in [5.74, 6) is -0.0390. The molecule has 0 spiro atoms. The third-order valence-electron chi connectivity index (χ3n) is 2.11. The Hall–Kier alpha value is -1.88. The van der Waals surface area contributed by atoms with Crippen LogP contribution in [0.4, 0.5) is 0 Å². The predicted molar refractivity (Wildman–Crippen MR) is 58.0 cm³/mol. The third kappa shape index (κ3) is 1.90. The maximum absolute atomic E-state index is 8.54. The van der Waals surface area contributed by atoms with Crippen molar-refractivity contribution in [2.24, 2.45) is 10.9 Å². The summed E-state index contributed by atoms with van der Waals surface area (Å²) >= 11 is 5.98. The monoisotopic (exact) mass is 240 g/mol. The Morgan fingerprint density at radius 3 is 2.62 bits per heavy atom. The molecule has 0 aromatic heterocycles.